The highest BCUT2D eigenvalue weighted by atomic mass is 16.5. The van der Waals surface area contributed by atoms with Gasteiger partial charge in [0.15, 0.2) is 5.76 Å². The quantitative estimate of drug-likeness (QED) is 0.771. The molecule has 4 nitrogen and oxygen atoms in total. The number of furan rings is 1. The Bertz CT molecular complexity index is 451. The van der Waals surface area contributed by atoms with Gasteiger partial charge in [-0.1, -0.05) is 0 Å². The second-order valence-electron chi connectivity index (χ2n) is 5.61. The van der Waals surface area contributed by atoms with E-state index in [9.17, 15) is 4.79 Å². The fraction of sp³-hybridized carbons (Fsp3) is 0.667. The van der Waals surface area contributed by atoms with Gasteiger partial charge in [-0.15, -0.1) is 0 Å². The van der Waals surface area contributed by atoms with Gasteiger partial charge in [0.2, 0.25) is 5.78 Å². The van der Waals surface area contributed by atoms with Crippen LogP contribution in [0.25, 0.3) is 0 Å². The van der Waals surface area contributed by atoms with E-state index in [1.807, 2.05) is 13.0 Å². The predicted molar refractivity (Wildman–Crippen MR) is 69.2 cm³/mol. The van der Waals surface area contributed by atoms with Crippen LogP contribution >= 0.6 is 0 Å². The molecule has 3 rings (SSSR count). The largest absolute Gasteiger partial charge is 0.458 e. The lowest BCUT2D eigenvalue weighted by Crippen LogP contribution is -2.45. The zero-order chi connectivity index (χ0) is 13.3. The summed E-state index contributed by atoms with van der Waals surface area (Å²) >= 11 is 0. The number of aryl methyl sites for hydroxylation is 1. The minimum atomic E-state index is -0.140. The zero-order valence-electron chi connectivity index (χ0n) is 11.3. The highest BCUT2D eigenvalue weighted by Gasteiger charge is 2.41. The van der Waals surface area contributed by atoms with Crippen LogP contribution in [0.3, 0.4) is 0 Å². The molecule has 1 spiro atoms. The molecule has 0 radical (unpaired) electrons. The molecule has 1 atom stereocenters. The molecule has 0 aliphatic carbocycles. The third-order valence-electron chi connectivity index (χ3n) is 4.25. The second kappa shape index (κ2) is 5.10. The molecule has 2 aliphatic rings. The number of ketones is 1. The van der Waals surface area contributed by atoms with Crippen LogP contribution in [0.4, 0.5) is 0 Å². The summed E-state index contributed by atoms with van der Waals surface area (Å²) in [5, 5.41) is 0. The summed E-state index contributed by atoms with van der Waals surface area (Å²) in [6.45, 7) is 4.00. The van der Waals surface area contributed by atoms with E-state index in [4.69, 9.17) is 13.9 Å². The first-order chi connectivity index (χ1) is 9.19. The van der Waals surface area contributed by atoms with Crippen LogP contribution in [0, 0.1) is 12.8 Å². The Morgan fingerprint density at radius 2 is 2.05 bits per heavy atom. The van der Waals surface area contributed by atoms with E-state index < -0.39 is 0 Å². The molecule has 3 heterocycles. The van der Waals surface area contributed by atoms with Gasteiger partial charge in [-0.05, 0) is 44.7 Å². The maximum absolute atomic E-state index is 12.5. The van der Waals surface area contributed by atoms with Gasteiger partial charge in [-0.2, -0.15) is 0 Å². The fourth-order valence-corrected chi connectivity index (χ4v) is 3.11. The van der Waals surface area contributed by atoms with Gasteiger partial charge in [0.25, 0.3) is 0 Å². The summed E-state index contributed by atoms with van der Waals surface area (Å²) in [5.74, 6) is 1.43. The van der Waals surface area contributed by atoms with Crippen LogP contribution in [0.5, 0.6) is 0 Å². The molecule has 0 aromatic carbocycles. The first-order valence-electron chi connectivity index (χ1n) is 7.01. The van der Waals surface area contributed by atoms with Gasteiger partial charge in [0.05, 0.1) is 5.60 Å². The highest BCUT2D eigenvalue weighted by Crippen LogP contribution is 2.38. The van der Waals surface area contributed by atoms with Crippen molar-refractivity contribution in [3.63, 3.8) is 0 Å². The van der Waals surface area contributed by atoms with Crippen LogP contribution in [0.15, 0.2) is 16.5 Å². The Hall–Kier alpha value is -1.13. The lowest BCUT2D eigenvalue weighted by Gasteiger charge is -2.42. The fourth-order valence-electron chi connectivity index (χ4n) is 3.11. The Morgan fingerprint density at radius 1 is 1.26 bits per heavy atom. The van der Waals surface area contributed by atoms with Gasteiger partial charge in [-0.3, -0.25) is 4.79 Å². The molecule has 2 saturated heterocycles. The average Bonchev–Trinajstić information content (AvgIpc) is 2.85. The van der Waals surface area contributed by atoms with E-state index in [-0.39, 0.29) is 17.3 Å². The van der Waals surface area contributed by atoms with E-state index in [0.29, 0.717) is 12.4 Å². The van der Waals surface area contributed by atoms with Crippen LogP contribution in [0.2, 0.25) is 0 Å². The molecule has 1 aromatic heterocycles. The van der Waals surface area contributed by atoms with E-state index in [1.54, 1.807) is 6.07 Å². The number of hydrogen-bond donors (Lipinski definition) is 0. The number of rotatable bonds is 2. The molecule has 0 saturated carbocycles. The molecule has 4 heteroatoms. The number of carbonyl (C=O) groups is 1. The van der Waals surface area contributed by atoms with Crippen molar-refractivity contribution < 1.29 is 18.7 Å². The minimum absolute atomic E-state index is 0.0254. The molecule has 0 bridgehead atoms. The molecule has 2 aliphatic heterocycles. The maximum atomic E-state index is 12.5. The van der Waals surface area contributed by atoms with Crippen molar-refractivity contribution in [3.8, 4) is 0 Å². The molecule has 0 amide bonds. The van der Waals surface area contributed by atoms with Crippen molar-refractivity contribution in [1.82, 2.24) is 0 Å². The lowest BCUT2D eigenvalue weighted by atomic mass is 9.79. The number of ether oxygens (including phenoxy) is 2. The average molecular weight is 264 g/mol. The summed E-state index contributed by atoms with van der Waals surface area (Å²) in [4.78, 5) is 12.5. The number of Topliss-reactive ketones (excluding diaryl/α,β-unsaturated/α-hetero) is 1. The Kier molecular flexibility index (Phi) is 3.46. The number of carbonyl (C=O) groups excluding carboxylic acids is 1. The topological polar surface area (TPSA) is 48.7 Å². The predicted octanol–water partition coefficient (Wildman–Crippen LogP) is 2.75. The summed E-state index contributed by atoms with van der Waals surface area (Å²) in [6, 6.07) is 3.63. The molecule has 1 aromatic rings. The van der Waals surface area contributed by atoms with Crippen molar-refractivity contribution in [2.45, 2.75) is 38.2 Å². The van der Waals surface area contributed by atoms with Crippen LogP contribution < -0.4 is 0 Å². The van der Waals surface area contributed by atoms with Crippen LogP contribution in [-0.4, -0.2) is 31.2 Å². The second-order valence-corrected chi connectivity index (χ2v) is 5.61. The monoisotopic (exact) mass is 264 g/mol. The van der Waals surface area contributed by atoms with E-state index >= 15 is 0 Å². The smallest absolute Gasteiger partial charge is 0.201 e. The van der Waals surface area contributed by atoms with Gasteiger partial charge in [-0.25, -0.2) is 0 Å². The van der Waals surface area contributed by atoms with Crippen molar-refractivity contribution in [2.75, 3.05) is 19.8 Å². The minimum Gasteiger partial charge on any atom is -0.458 e. The van der Waals surface area contributed by atoms with Crippen LogP contribution in [-0.2, 0) is 9.47 Å². The molecule has 19 heavy (non-hydrogen) atoms. The van der Waals surface area contributed by atoms with Gasteiger partial charge in [0.1, 0.15) is 5.76 Å². The standard InChI is InChI=1S/C15H20O4/c1-11-2-3-13(19-11)14(16)12-4-7-18-15(10-12)5-8-17-9-6-15/h2-3,12H,4-10H2,1H3. The van der Waals surface area contributed by atoms with Crippen molar-refractivity contribution in [3.05, 3.63) is 23.7 Å². The molecule has 0 N–H and O–H groups in total. The summed E-state index contributed by atoms with van der Waals surface area (Å²) in [5.41, 5.74) is -0.140. The summed E-state index contributed by atoms with van der Waals surface area (Å²) in [7, 11) is 0. The number of hydrogen-bond acceptors (Lipinski definition) is 4. The maximum Gasteiger partial charge on any atom is 0.201 e. The normalized spacial score (nSPS) is 26.5. The Labute approximate surface area is 113 Å². The van der Waals surface area contributed by atoms with Crippen molar-refractivity contribution >= 4 is 5.78 Å². The molecule has 2 fully saturated rings. The van der Waals surface area contributed by atoms with Gasteiger partial charge >= 0.3 is 0 Å². The van der Waals surface area contributed by atoms with E-state index in [0.717, 1.165) is 44.7 Å². The molecule has 1 unspecified atom stereocenters. The zero-order valence-corrected chi connectivity index (χ0v) is 11.3. The summed E-state index contributed by atoms with van der Waals surface area (Å²) in [6.07, 6.45) is 3.39. The Balaban J connectivity index is 1.72. The first-order valence-corrected chi connectivity index (χ1v) is 7.01. The molecular weight excluding hydrogens is 244 g/mol. The SMILES string of the molecule is Cc1ccc(C(=O)C2CCOC3(CCOCC3)C2)o1. The van der Waals surface area contributed by atoms with Gasteiger partial charge in [0, 0.05) is 25.7 Å². The third-order valence-corrected chi connectivity index (χ3v) is 4.25. The van der Waals surface area contributed by atoms with E-state index in [2.05, 4.69) is 0 Å². The molecule has 104 valence electrons. The van der Waals surface area contributed by atoms with Crippen molar-refractivity contribution in [2.24, 2.45) is 5.92 Å². The third kappa shape index (κ3) is 2.60. The van der Waals surface area contributed by atoms with Gasteiger partial charge < -0.3 is 13.9 Å². The first kappa shape index (κ1) is 12.9. The highest BCUT2D eigenvalue weighted by molar-refractivity contribution is 5.95. The Morgan fingerprint density at radius 3 is 2.74 bits per heavy atom. The van der Waals surface area contributed by atoms with E-state index in [1.165, 1.54) is 0 Å². The van der Waals surface area contributed by atoms with Crippen LogP contribution in [0.1, 0.15) is 42.0 Å². The lowest BCUT2D eigenvalue weighted by molar-refractivity contribution is -0.142. The molecular formula is C15H20O4. The van der Waals surface area contributed by atoms with Crippen molar-refractivity contribution in [1.29, 1.82) is 0 Å². The summed E-state index contributed by atoms with van der Waals surface area (Å²) < 4.78 is 16.8.